The van der Waals surface area contributed by atoms with Crippen molar-refractivity contribution in [3.05, 3.63) is 45.7 Å². The van der Waals surface area contributed by atoms with Crippen LogP contribution >= 0.6 is 0 Å². The molecule has 0 spiro atoms. The van der Waals surface area contributed by atoms with E-state index in [1.54, 1.807) is 19.2 Å². The molecule has 4 rings (SSSR count). The van der Waals surface area contributed by atoms with Gasteiger partial charge in [-0.3, -0.25) is 9.59 Å². The first-order chi connectivity index (χ1) is 17.9. The van der Waals surface area contributed by atoms with E-state index < -0.39 is 0 Å². The summed E-state index contributed by atoms with van der Waals surface area (Å²) in [6, 6.07) is 7.67. The minimum Gasteiger partial charge on any atom is -0.497 e. The van der Waals surface area contributed by atoms with Crippen molar-refractivity contribution in [2.24, 2.45) is 0 Å². The summed E-state index contributed by atoms with van der Waals surface area (Å²) < 4.78 is 16.8. The van der Waals surface area contributed by atoms with Gasteiger partial charge in [0.05, 0.1) is 26.3 Å². The fraction of sp³-hybridized carbons (Fsp3) is 0.483. The molecule has 8 nitrogen and oxygen atoms in total. The van der Waals surface area contributed by atoms with Crippen LogP contribution in [-0.2, 0) is 4.79 Å². The number of unbranched alkanes of at least 4 members (excludes halogenated alkanes) is 1. The zero-order valence-electron chi connectivity index (χ0n) is 22.2. The van der Waals surface area contributed by atoms with Crippen LogP contribution in [-0.4, -0.2) is 42.7 Å². The van der Waals surface area contributed by atoms with E-state index in [4.69, 9.17) is 14.2 Å². The van der Waals surface area contributed by atoms with Crippen molar-refractivity contribution in [2.75, 3.05) is 20.8 Å². The lowest BCUT2D eigenvalue weighted by atomic mass is 9.95. The van der Waals surface area contributed by atoms with E-state index in [0.29, 0.717) is 47.3 Å². The molecule has 1 heterocycles. The van der Waals surface area contributed by atoms with Crippen LogP contribution in [0, 0.1) is 13.8 Å². The van der Waals surface area contributed by atoms with E-state index in [9.17, 15) is 9.59 Å². The van der Waals surface area contributed by atoms with Crippen LogP contribution in [0.25, 0.3) is 22.3 Å². The van der Waals surface area contributed by atoms with E-state index in [2.05, 4.69) is 15.3 Å². The monoisotopic (exact) mass is 507 g/mol. The highest BCUT2D eigenvalue weighted by molar-refractivity contribution is 5.87. The maximum atomic E-state index is 12.9. The molecule has 0 radical (unpaired) electrons. The van der Waals surface area contributed by atoms with Crippen LogP contribution in [0.2, 0.25) is 0 Å². The van der Waals surface area contributed by atoms with Crippen LogP contribution < -0.4 is 25.1 Å². The fourth-order valence-corrected chi connectivity index (χ4v) is 5.05. The number of hydrogen-bond acceptors (Lipinski definition) is 6. The van der Waals surface area contributed by atoms with Gasteiger partial charge in [-0.1, -0.05) is 19.3 Å². The van der Waals surface area contributed by atoms with Crippen molar-refractivity contribution in [3.8, 4) is 28.6 Å². The molecule has 2 N–H and O–H groups in total. The average molecular weight is 508 g/mol. The molecule has 8 heteroatoms. The Hall–Kier alpha value is -3.55. The highest BCUT2D eigenvalue weighted by Crippen LogP contribution is 2.31. The lowest BCUT2D eigenvalue weighted by Crippen LogP contribution is -2.36. The number of fused-ring (bicyclic) bond motifs is 1. The number of hydrogen-bond donors (Lipinski definition) is 2. The van der Waals surface area contributed by atoms with Gasteiger partial charge in [0.1, 0.15) is 28.5 Å². The van der Waals surface area contributed by atoms with Gasteiger partial charge in [0.2, 0.25) is 5.91 Å². The minimum atomic E-state index is -0.275. The summed E-state index contributed by atoms with van der Waals surface area (Å²) in [5.41, 5.74) is 2.93. The van der Waals surface area contributed by atoms with Gasteiger partial charge in [-0.15, -0.1) is 0 Å². The Bertz CT molecular complexity index is 1290. The number of amides is 1. The highest BCUT2D eigenvalue weighted by Gasteiger charge is 2.16. The van der Waals surface area contributed by atoms with Gasteiger partial charge in [0.15, 0.2) is 0 Å². The summed E-state index contributed by atoms with van der Waals surface area (Å²) >= 11 is 0. The van der Waals surface area contributed by atoms with Crippen LogP contribution in [0.4, 0.5) is 0 Å². The Morgan fingerprint density at radius 2 is 1.76 bits per heavy atom. The minimum absolute atomic E-state index is 0.149. The van der Waals surface area contributed by atoms with Crippen molar-refractivity contribution in [1.29, 1.82) is 0 Å². The molecule has 0 bridgehead atoms. The second kappa shape index (κ2) is 12.1. The molecule has 3 aromatic rings. The molecule has 1 fully saturated rings. The van der Waals surface area contributed by atoms with Crippen LogP contribution in [0.5, 0.6) is 17.2 Å². The third-order valence-corrected chi connectivity index (χ3v) is 6.95. The number of carbonyl (C=O) groups excluding carboxylic acids is 1. The zero-order chi connectivity index (χ0) is 26.4. The van der Waals surface area contributed by atoms with Crippen molar-refractivity contribution >= 4 is 16.8 Å². The second-order valence-corrected chi connectivity index (χ2v) is 9.79. The molecule has 1 saturated carbocycles. The Morgan fingerprint density at radius 1 is 1.03 bits per heavy atom. The van der Waals surface area contributed by atoms with Gasteiger partial charge in [-0.25, -0.2) is 4.98 Å². The molecular formula is C29H37N3O5. The first-order valence-corrected chi connectivity index (χ1v) is 13.1. The SMILES string of the molecule is COc1cc(OC)c2c(=O)[nH]c(-c3cc(C)c(OCCCCC(=O)NC4CCCCC4)c(C)c3)nc2c1. The van der Waals surface area contributed by atoms with Crippen molar-refractivity contribution in [2.45, 2.75) is 71.3 Å². The molecule has 0 unspecified atom stereocenters. The largest absolute Gasteiger partial charge is 0.497 e. The van der Waals surface area contributed by atoms with Gasteiger partial charge < -0.3 is 24.5 Å². The number of ether oxygens (including phenoxy) is 3. The summed E-state index contributed by atoms with van der Waals surface area (Å²) in [5, 5.41) is 3.55. The predicted molar refractivity (Wildman–Crippen MR) is 145 cm³/mol. The summed E-state index contributed by atoms with van der Waals surface area (Å²) in [4.78, 5) is 32.7. The van der Waals surface area contributed by atoms with Crippen LogP contribution in [0.1, 0.15) is 62.5 Å². The number of H-pyrrole nitrogens is 1. The maximum absolute atomic E-state index is 12.9. The number of methoxy groups -OCH3 is 2. The van der Waals surface area contributed by atoms with Crippen molar-refractivity contribution in [3.63, 3.8) is 0 Å². The fourth-order valence-electron chi connectivity index (χ4n) is 5.05. The van der Waals surface area contributed by atoms with E-state index in [-0.39, 0.29) is 11.5 Å². The molecular weight excluding hydrogens is 470 g/mol. The molecule has 0 saturated heterocycles. The first kappa shape index (κ1) is 26.5. The number of rotatable bonds is 10. The quantitative estimate of drug-likeness (QED) is 0.365. The summed E-state index contributed by atoms with van der Waals surface area (Å²) in [6.45, 7) is 4.51. The van der Waals surface area contributed by atoms with E-state index in [1.807, 2.05) is 26.0 Å². The van der Waals surface area contributed by atoms with Gasteiger partial charge in [0.25, 0.3) is 5.56 Å². The van der Waals surface area contributed by atoms with Crippen molar-refractivity contribution in [1.82, 2.24) is 15.3 Å². The lowest BCUT2D eigenvalue weighted by molar-refractivity contribution is -0.122. The number of aryl methyl sites for hydroxylation is 2. The number of benzene rings is 2. The zero-order valence-corrected chi connectivity index (χ0v) is 22.2. The van der Waals surface area contributed by atoms with Gasteiger partial charge in [0, 0.05) is 30.2 Å². The topological polar surface area (TPSA) is 103 Å². The third-order valence-electron chi connectivity index (χ3n) is 6.95. The van der Waals surface area contributed by atoms with Crippen LogP contribution in [0.3, 0.4) is 0 Å². The van der Waals surface area contributed by atoms with Gasteiger partial charge in [-0.2, -0.15) is 0 Å². The summed E-state index contributed by atoms with van der Waals surface area (Å²) in [6.07, 6.45) is 8.06. The number of nitrogens with zero attached hydrogens (tertiary/aromatic N) is 1. The molecule has 0 aliphatic heterocycles. The lowest BCUT2D eigenvalue weighted by Gasteiger charge is -2.22. The predicted octanol–water partition coefficient (Wildman–Crippen LogP) is 5.22. The Morgan fingerprint density at radius 3 is 2.43 bits per heavy atom. The molecule has 1 aliphatic carbocycles. The number of nitrogens with one attached hydrogen (secondary N) is 2. The van der Waals surface area contributed by atoms with E-state index >= 15 is 0 Å². The smallest absolute Gasteiger partial charge is 0.262 e. The first-order valence-electron chi connectivity index (χ1n) is 13.1. The Balaban J connectivity index is 1.40. The number of aromatic nitrogens is 2. The molecule has 1 amide bonds. The van der Waals surface area contributed by atoms with E-state index in [1.165, 1.54) is 26.4 Å². The molecule has 198 valence electrons. The molecule has 1 aliphatic rings. The Labute approximate surface area is 217 Å². The summed E-state index contributed by atoms with van der Waals surface area (Å²) in [5.74, 6) is 2.42. The third kappa shape index (κ3) is 6.42. The summed E-state index contributed by atoms with van der Waals surface area (Å²) in [7, 11) is 3.08. The molecule has 0 atom stereocenters. The second-order valence-electron chi connectivity index (χ2n) is 9.79. The Kier molecular flexibility index (Phi) is 8.69. The maximum Gasteiger partial charge on any atom is 0.262 e. The molecule has 1 aromatic heterocycles. The average Bonchev–Trinajstić information content (AvgIpc) is 2.89. The highest BCUT2D eigenvalue weighted by atomic mass is 16.5. The number of aromatic amines is 1. The standard InChI is InChI=1S/C29H37N3O5/c1-18-14-20(28-31-23-16-22(35-3)17-24(36-4)26(23)29(34)32-28)15-19(2)27(18)37-13-9-8-12-25(33)30-21-10-6-5-7-11-21/h14-17,21H,5-13H2,1-4H3,(H,30,33)(H,31,32,34). The van der Waals surface area contributed by atoms with Gasteiger partial charge >= 0.3 is 0 Å². The molecule has 2 aromatic carbocycles. The van der Waals surface area contributed by atoms with E-state index in [0.717, 1.165) is 48.1 Å². The van der Waals surface area contributed by atoms with Gasteiger partial charge in [-0.05, 0) is 62.8 Å². The normalized spacial score (nSPS) is 13.9. The molecule has 37 heavy (non-hydrogen) atoms. The van der Waals surface area contributed by atoms with Crippen molar-refractivity contribution < 1.29 is 19.0 Å². The number of carbonyl (C=O) groups is 1. The van der Waals surface area contributed by atoms with Crippen LogP contribution in [0.15, 0.2) is 29.1 Å².